The number of nitrogens with one attached hydrogen (secondary N) is 2. The van der Waals surface area contributed by atoms with Crippen LogP contribution in [0.3, 0.4) is 0 Å². The van der Waals surface area contributed by atoms with Crippen molar-refractivity contribution in [3.05, 3.63) is 93.5 Å². The number of carbonyl (C=O) groups excluding carboxylic acids is 2. The predicted octanol–water partition coefficient (Wildman–Crippen LogP) is 7.81. The molecule has 12 heteroatoms. The van der Waals surface area contributed by atoms with E-state index in [0.29, 0.717) is 16.8 Å². The van der Waals surface area contributed by atoms with Crippen LogP contribution in [-0.2, 0) is 6.18 Å². The van der Waals surface area contributed by atoms with E-state index in [9.17, 15) is 22.8 Å². The van der Waals surface area contributed by atoms with Gasteiger partial charge in [0.05, 0.1) is 27.4 Å². The van der Waals surface area contributed by atoms with Crippen molar-refractivity contribution in [2.24, 2.45) is 0 Å². The first-order valence-corrected chi connectivity index (χ1v) is 14.1. The fraction of sp³-hybridized carbons (Fsp3) is 0.167. The van der Waals surface area contributed by atoms with E-state index in [1.165, 1.54) is 11.0 Å². The van der Waals surface area contributed by atoms with Gasteiger partial charge >= 0.3 is 12.2 Å². The molecule has 0 unspecified atom stereocenters. The number of hydrogen-bond acceptors (Lipinski definition) is 3. The number of benzene rings is 3. The second kappa shape index (κ2) is 11.0. The van der Waals surface area contributed by atoms with E-state index >= 15 is 0 Å². The van der Waals surface area contributed by atoms with E-state index in [1.54, 1.807) is 11.0 Å². The molecule has 5 aromatic rings. The van der Waals surface area contributed by atoms with Crippen LogP contribution in [0.1, 0.15) is 15.9 Å². The number of nitrogens with zero attached hydrogens (tertiary/aromatic N) is 3. The molecule has 3 heterocycles. The topological polar surface area (TPSA) is 81.3 Å². The summed E-state index contributed by atoms with van der Waals surface area (Å²) in [5, 5.41) is 3.74. The number of carbonyl (C=O) groups is 2. The lowest BCUT2D eigenvalue weighted by Crippen LogP contribution is -2.51. The fourth-order valence-electron chi connectivity index (χ4n) is 5.10. The minimum absolute atomic E-state index is 0.0182. The summed E-state index contributed by atoms with van der Waals surface area (Å²) in [6, 6.07) is 17.8. The van der Waals surface area contributed by atoms with Gasteiger partial charge in [-0.2, -0.15) is 13.2 Å². The van der Waals surface area contributed by atoms with Crippen molar-refractivity contribution in [1.29, 1.82) is 0 Å². The molecule has 42 heavy (non-hydrogen) atoms. The van der Waals surface area contributed by atoms with Gasteiger partial charge in [-0.15, -0.1) is 0 Å². The summed E-state index contributed by atoms with van der Waals surface area (Å²) in [5.74, 6) is -0.191. The van der Waals surface area contributed by atoms with E-state index in [2.05, 4.69) is 26.2 Å². The highest BCUT2D eigenvalue weighted by Gasteiger charge is 2.34. The van der Waals surface area contributed by atoms with Gasteiger partial charge in [0.15, 0.2) is 0 Å². The number of alkyl halides is 3. The first kappa shape index (κ1) is 28.0. The van der Waals surface area contributed by atoms with E-state index in [1.807, 2.05) is 48.7 Å². The molecule has 1 aliphatic heterocycles. The van der Waals surface area contributed by atoms with Gasteiger partial charge < -0.3 is 20.1 Å². The number of fused-ring (bicyclic) bond motifs is 2. The fourth-order valence-corrected chi connectivity index (χ4v) is 5.69. The molecule has 214 valence electrons. The van der Waals surface area contributed by atoms with Gasteiger partial charge in [-0.05, 0) is 48.5 Å². The van der Waals surface area contributed by atoms with Crippen molar-refractivity contribution >= 4 is 67.0 Å². The second-order valence-electron chi connectivity index (χ2n) is 9.87. The normalized spacial score (nSPS) is 14.0. The highest BCUT2D eigenvalue weighted by Crippen LogP contribution is 2.36. The molecule has 0 bridgehead atoms. The Kier molecular flexibility index (Phi) is 7.32. The molecule has 6 rings (SSSR count). The molecule has 0 spiro atoms. The minimum atomic E-state index is -4.65. The molecule has 0 aliphatic carbocycles. The maximum absolute atomic E-state index is 13.8. The van der Waals surface area contributed by atoms with Crippen molar-refractivity contribution < 1.29 is 22.8 Å². The molecule has 3 aromatic carbocycles. The second-order valence-corrected chi connectivity index (χ2v) is 11.2. The van der Waals surface area contributed by atoms with Gasteiger partial charge in [0.2, 0.25) is 0 Å². The Morgan fingerprint density at radius 2 is 1.67 bits per heavy atom. The molecule has 1 saturated heterocycles. The number of halogens is 5. The Bertz CT molecular complexity index is 1850. The van der Waals surface area contributed by atoms with Crippen LogP contribution in [0.15, 0.2) is 77.4 Å². The first-order valence-electron chi connectivity index (χ1n) is 13.0. The number of aromatic amines is 1. The molecule has 0 atom stereocenters. The SMILES string of the molecule is O=C(Nc1ccc(Cl)c(C(F)(F)F)c1)N1CCN(C(=O)c2cc(-c3c[nH]c4ccc(Br)cc34)nc3ccccc23)CC1. The van der Waals surface area contributed by atoms with Gasteiger partial charge in [0, 0.05) is 64.4 Å². The zero-order chi connectivity index (χ0) is 29.6. The van der Waals surface area contributed by atoms with E-state index in [4.69, 9.17) is 16.6 Å². The molecule has 0 radical (unpaired) electrons. The highest BCUT2D eigenvalue weighted by molar-refractivity contribution is 9.10. The monoisotopic (exact) mass is 655 g/mol. The van der Waals surface area contributed by atoms with Gasteiger partial charge in [-0.3, -0.25) is 4.79 Å². The zero-order valence-electron chi connectivity index (χ0n) is 21.8. The van der Waals surface area contributed by atoms with Crippen molar-refractivity contribution in [2.45, 2.75) is 6.18 Å². The number of hydrogen-bond donors (Lipinski definition) is 2. The van der Waals surface area contributed by atoms with Crippen molar-refractivity contribution in [3.63, 3.8) is 0 Å². The lowest BCUT2D eigenvalue weighted by molar-refractivity contribution is -0.137. The average Bonchev–Trinajstić information content (AvgIpc) is 3.39. The van der Waals surface area contributed by atoms with Crippen LogP contribution in [-0.4, -0.2) is 57.9 Å². The molecular formula is C30H22BrClF3N5O2. The Morgan fingerprint density at radius 3 is 2.43 bits per heavy atom. The minimum Gasteiger partial charge on any atom is -0.360 e. The summed E-state index contributed by atoms with van der Waals surface area (Å²) in [4.78, 5) is 37.9. The van der Waals surface area contributed by atoms with Crippen molar-refractivity contribution in [3.8, 4) is 11.3 Å². The summed E-state index contributed by atoms with van der Waals surface area (Å²) >= 11 is 9.20. The molecule has 2 aromatic heterocycles. The van der Waals surface area contributed by atoms with E-state index < -0.39 is 22.8 Å². The Hall–Kier alpha value is -4.09. The third-order valence-electron chi connectivity index (χ3n) is 7.24. The predicted molar refractivity (Wildman–Crippen MR) is 160 cm³/mol. The van der Waals surface area contributed by atoms with Crippen molar-refractivity contribution in [1.82, 2.24) is 19.8 Å². The highest BCUT2D eigenvalue weighted by atomic mass is 79.9. The van der Waals surface area contributed by atoms with Gasteiger partial charge in [-0.1, -0.05) is 45.7 Å². The standard InChI is InChI=1S/C30H22BrClF3N5O2/c31-17-5-8-25-20(13-17)22(16-36-25)27-15-21(19-3-1-2-4-26(19)38-27)28(41)39-9-11-40(12-10-39)29(42)37-18-6-7-24(32)23(14-18)30(33,34)35/h1-8,13-16,36H,9-12H2,(H,37,42). The summed E-state index contributed by atoms with van der Waals surface area (Å²) in [5.41, 5.74) is 2.60. The lowest BCUT2D eigenvalue weighted by atomic mass is 10.0. The van der Waals surface area contributed by atoms with Crippen LogP contribution >= 0.6 is 27.5 Å². The van der Waals surface area contributed by atoms with Crippen LogP contribution in [0, 0.1) is 0 Å². The van der Waals surface area contributed by atoms with Gasteiger partial charge in [0.25, 0.3) is 5.91 Å². The van der Waals surface area contributed by atoms with Crippen LogP contribution in [0.4, 0.5) is 23.7 Å². The quantitative estimate of drug-likeness (QED) is 0.208. The zero-order valence-corrected chi connectivity index (χ0v) is 24.1. The number of para-hydroxylation sites is 1. The molecule has 2 N–H and O–H groups in total. The Labute approximate surface area is 251 Å². The van der Waals surface area contributed by atoms with Crippen LogP contribution in [0.5, 0.6) is 0 Å². The maximum Gasteiger partial charge on any atom is 0.417 e. The molecule has 1 aliphatic rings. The Balaban J connectivity index is 1.21. The number of rotatable bonds is 3. The molecule has 7 nitrogen and oxygen atoms in total. The van der Waals surface area contributed by atoms with Crippen LogP contribution in [0.25, 0.3) is 33.1 Å². The Morgan fingerprint density at radius 1 is 0.929 bits per heavy atom. The summed E-state index contributed by atoms with van der Waals surface area (Å²) in [6.45, 7) is 0.937. The van der Waals surface area contributed by atoms with E-state index in [-0.39, 0.29) is 37.8 Å². The van der Waals surface area contributed by atoms with Crippen LogP contribution < -0.4 is 5.32 Å². The van der Waals surface area contributed by atoms with E-state index in [0.717, 1.165) is 38.5 Å². The third-order valence-corrected chi connectivity index (χ3v) is 8.07. The number of amides is 3. The maximum atomic E-state index is 13.8. The largest absolute Gasteiger partial charge is 0.417 e. The third kappa shape index (κ3) is 5.41. The molecular weight excluding hydrogens is 635 g/mol. The van der Waals surface area contributed by atoms with Gasteiger partial charge in [-0.25, -0.2) is 9.78 Å². The van der Waals surface area contributed by atoms with Crippen LogP contribution in [0.2, 0.25) is 5.02 Å². The molecule has 1 fully saturated rings. The molecule has 0 saturated carbocycles. The number of piperazine rings is 1. The number of pyridine rings is 1. The average molecular weight is 657 g/mol. The number of anilines is 1. The number of H-pyrrole nitrogens is 1. The van der Waals surface area contributed by atoms with Crippen molar-refractivity contribution in [2.75, 3.05) is 31.5 Å². The molecule has 3 amide bonds. The lowest BCUT2D eigenvalue weighted by Gasteiger charge is -2.35. The smallest absolute Gasteiger partial charge is 0.360 e. The van der Waals surface area contributed by atoms with Gasteiger partial charge in [0.1, 0.15) is 0 Å². The number of aromatic nitrogens is 2. The summed E-state index contributed by atoms with van der Waals surface area (Å²) in [6.07, 6.45) is -2.77. The number of urea groups is 1. The summed E-state index contributed by atoms with van der Waals surface area (Å²) in [7, 11) is 0. The first-order chi connectivity index (χ1) is 20.1. The summed E-state index contributed by atoms with van der Waals surface area (Å²) < 4.78 is 40.6.